The average Bonchev–Trinajstić information content (AvgIpc) is 2.59. The predicted molar refractivity (Wildman–Crippen MR) is 72.4 cm³/mol. The highest BCUT2D eigenvalue weighted by Gasteiger charge is 2.26. The molecular weight excluding hydrogens is 246 g/mol. The van der Waals surface area contributed by atoms with E-state index in [1.165, 1.54) is 9.58 Å². The Morgan fingerprint density at radius 2 is 2.00 bits per heavy atom. The van der Waals surface area contributed by atoms with Crippen LogP contribution in [0.5, 0.6) is 0 Å². The van der Waals surface area contributed by atoms with Crippen molar-refractivity contribution in [3.05, 3.63) is 11.4 Å². The Morgan fingerprint density at radius 3 is 2.37 bits per heavy atom. The van der Waals surface area contributed by atoms with E-state index in [1.807, 2.05) is 20.8 Å². The van der Waals surface area contributed by atoms with Gasteiger partial charge in [0.15, 0.2) is 0 Å². The van der Waals surface area contributed by atoms with Crippen LogP contribution in [0, 0.1) is 0 Å². The van der Waals surface area contributed by atoms with Crippen molar-refractivity contribution in [3.8, 4) is 0 Å². The Morgan fingerprint density at radius 1 is 1.42 bits per heavy atom. The molecule has 1 aromatic heterocycles. The molecule has 0 aromatic carbocycles. The summed E-state index contributed by atoms with van der Waals surface area (Å²) in [6, 6.07) is -0.153. The lowest BCUT2D eigenvalue weighted by atomic mass is 10.2. The van der Waals surface area contributed by atoms with Gasteiger partial charge in [-0.05, 0) is 20.3 Å². The summed E-state index contributed by atoms with van der Waals surface area (Å²) in [6.07, 6.45) is 0.643. The van der Waals surface area contributed by atoms with Gasteiger partial charge in [0, 0.05) is 13.1 Å². The predicted octanol–water partition coefficient (Wildman–Crippen LogP) is -0.0994. The standard InChI is InChI=1S/C12H21N5O2/c1-5-8-10(14)11(16(4)15-8)12(19)17(7(2)3)6-9(13)18/h7H,5-6,14H2,1-4H3,(H2,13,18). The zero-order valence-electron chi connectivity index (χ0n) is 11.8. The summed E-state index contributed by atoms with van der Waals surface area (Å²) in [5.74, 6) is -0.889. The minimum atomic E-state index is -0.557. The number of nitrogens with two attached hydrogens (primary N) is 2. The van der Waals surface area contributed by atoms with Gasteiger partial charge in [0.25, 0.3) is 5.91 Å². The van der Waals surface area contributed by atoms with Crippen LogP contribution in [0.1, 0.15) is 37.0 Å². The molecule has 0 fully saturated rings. The normalized spacial score (nSPS) is 10.8. The Balaban J connectivity index is 3.16. The molecule has 0 bridgehead atoms. The Labute approximate surface area is 112 Å². The molecule has 4 N–H and O–H groups in total. The molecule has 1 aromatic rings. The minimum absolute atomic E-state index is 0.136. The third-order valence-electron chi connectivity index (χ3n) is 2.91. The molecule has 0 saturated carbocycles. The highest BCUT2D eigenvalue weighted by Crippen LogP contribution is 2.19. The highest BCUT2D eigenvalue weighted by atomic mass is 16.2. The third kappa shape index (κ3) is 3.04. The number of carbonyl (C=O) groups excluding carboxylic acids is 2. The summed E-state index contributed by atoms with van der Waals surface area (Å²) in [4.78, 5) is 24.9. The maximum absolute atomic E-state index is 12.5. The topological polar surface area (TPSA) is 107 Å². The number of rotatable bonds is 5. The number of anilines is 1. The molecule has 0 radical (unpaired) electrons. The van der Waals surface area contributed by atoms with Gasteiger partial charge >= 0.3 is 0 Å². The molecule has 0 aliphatic rings. The number of aryl methyl sites for hydroxylation is 2. The molecule has 7 nitrogen and oxygen atoms in total. The van der Waals surface area contributed by atoms with Crippen LogP contribution in [-0.2, 0) is 18.3 Å². The number of primary amides is 1. The summed E-state index contributed by atoms with van der Waals surface area (Å²) < 4.78 is 1.45. The Hall–Kier alpha value is -2.05. The lowest BCUT2D eigenvalue weighted by molar-refractivity contribution is -0.119. The number of aromatic nitrogens is 2. The van der Waals surface area contributed by atoms with Gasteiger partial charge in [-0.3, -0.25) is 14.3 Å². The number of nitrogen functional groups attached to an aromatic ring is 1. The molecule has 0 spiro atoms. The zero-order valence-corrected chi connectivity index (χ0v) is 11.8. The van der Waals surface area contributed by atoms with Gasteiger partial charge in [-0.15, -0.1) is 0 Å². The van der Waals surface area contributed by atoms with Gasteiger partial charge in [-0.25, -0.2) is 0 Å². The van der Waals surface area contributed by atoms with Gasteiger partial charge in [0.1, 0.15) is 5.69 Å². The fraction of sp³-hybridized carbons (Fsp3) is 0.583. The summed E-state index contributed by atoms with van der Waals surface area (Å²) in [7, 11) is 1.66. The summed E-state index contributed by atoms with van der Waals surface area (Å²) in [6.45, 7) is 5.40. The van der Waals surface area contributed by atoms with Crippen LogP contribution in [-0.4, -0.2) is 39.1 Å². The van der Waals surface area contributed by atoms with Crippen molar-refractivity contribution in [1.82, 2.24) is 14.7 Å². The van der Waals surface area contributed by atoms with Crippen LogP contribution in [0.4, 0.5) is 5.69 Å². The monoisotopic (exact) mass is 267 g/mol. The minimum Gasteiger partial charge on any atom is -0.395 e. The van der Waals surface area contributed by atoms with Crippen LogP contribution >= 0.6 is 0 Å². The van der Waals surface area contributed by atoms with Crippen LogP contribution in [0.3, 0.4) is 0 Å². The average molecular weight is 267 g/mol. The van der Waals surface area contributed by atoms with Gasteiger partial charge in [0.05, 0.1) is 17.9 Å². The van der Waals surface area contributed by atoms with E-state index in [2.05, 4.69) is 5.10 Å². The van der Waals surface area contributed by atoms with E-state index in [0.717, 1.165) is 0 Å². The fourth-order valence-electron chi connectivity index (χ4n) is 1.90. The summed E-state index contributed by atoms with van der Waals surface area (Å²) >= 11 is 0. The van der Waals surface area contributed by atoms with E-state index in [4.69, 9.17) is 11.5 Å². The molecular formula is C12H21N5O2. The maximum Gasteiger partial charge on any atom is 0.274 e. The van der Waals surface area contributed by atoms with Gasteiger partial charge in [0.2, 0.25) is 5.91 Å². The number of nitrogens with zero attached hydrogens (tertiary/aromatic N) is 3. The highest BCUT2D eigenvalue weighted by molar-refractivity contribution is 5.99. The van der Waals surface area contributed by atoms with Crippen molar-refractivity contribution >= 4 is 17.5 Å². The van der Waals surface area contributed by atoms with E-state index < -0.39 is 5.91 Å². The molecule has 7 heteroatoms. The first-order valence-electron chi connectivity index (χ1n) is 6.20. The molecule has 1 heterocycles. The van der Waals surface area contributed by atoms with Crippen molar-refractivity contribution in [2.24, 2.45) is 12.8 Å². The smallest absolute Gasteiger partial charge is 0.274 e. The zero-order chi connectivity index (χ0) is 14.7. The lowest BCUT2D eigenvalue weighted by Crippen LogP contribution is -2.43. The largest absolute Gasteiger partial charge is 0.395 e. The molecule has 0 atom stereocenters. The molecule has 0 unspecified atom stereocenters. The van der Waals surface area contributed by atoms with Crippen LogP contribution < -0.4 is 11.5 Å². The van der Waals surface area contributed by atoms with Gasteiger partial charge in [-0.1, -0.05) is 6.92 Å². The first-order valence-corrected chi connectivity index (χ1v) is 6.20. The van der Waals surface area contributed by atoms with E-state index in [0.29, 0.717) is 23.5 Å². The second kappa shape index (κ2) is 5.73. The quantitative estimate of drug-likeness (QED) is 0.776. The fourth-order valence-corrected chi connectivity index (χ4v) is 1.90. The SMILES string of the molecule is CCc1nn(C)c(C(=O)N(CC(N)=O)C(C)C)c1N. The summed E-state index contributed by atoms with van der Waals surface area (Å²) in [5.41, 5.74) is 12.4. The molecule has 0 aliphatic heterocycles. The van der Waals surface area contributed by atoms with Crippen molar-refractivity contribution in [3.63, 3.8) is 0 Å². The van der Waals surface area contributed by atoms with Crippen LogP contribution in [0.2, 0.25) is 0 Å². The van der Waals surface area contributed by atoms with Gasteiger partial charge < -0.3 is 16.4 Å². The molecule has 1 rings (SSSR count). The lowest BCUT2D eigenvalue weighted by Gasteiger charge is -2.25. The van der Waals surface area contributed by atoms with Crippen molar-refractivity contribution in [1.29, 1.82) is 0 Å². The number of amides is 2. The number of carbonyl (C=O) groups is 2. The second-order valence-electron chi connectivity index (χ2n) is 4.68. The van der Waals surface area contributed by atoms with Crippen LogP contribution in [0.25, 0.3) is 0 Å². The van der Waals surface area contributed by atoms with Crippen LogP contribution in [0.15, 0.2) is 0 Å². The Kier molecular flexibility index (Phi) is 4.52. The number of hydrogen-bond acceptors (Lipinski definition) is 4. The van der Waals surface area contributed by atoms with E-state index in [1.54, 1.807) is 7.05 Å². The molecule has 0 saturated heterocycles. The molecule has 2 amide bonds. The molecule has 0 aliphatic carbocycles. The van der Waals surface area contributed by atoms with Crippen molar-refractivity contribution < 1.29 is 9.59 Å². The Bertz CT molecular complexity index is 493. The van der Waals surface area contributed by atoms with Gasteiger partial charge in [-0.2, -0.15) is 5.10 Å². The van der Waals surface area contributed by atoms with E-state index in [9.17, 15) is 9.59 Å². The first kappa shape index (κ1) is 15.0. The molecule has 19 heavy (non-hydrogen) atoms. The van der Waals surface area contributed by atoms with Crippen molar-refractivity contribution in [2.75, 3.05) is 12.3 Å². The van der Waals surface area contributed by atoms with E-state index in [-0.39, 0.29) is 18.5 Å². The number of hydrogen-bond donors (Lipinski definition) is 2. The van der Waals surface area contributed by atoms with Crippen molar-refractivity contribution in [2.45, 2.75) is 33.2 Å². The first-order chi connectivity index (χ1) is 8.79. The molecule has 106 valence electrons. The second-order valence-corrected chi connectivity index (χ2v) is 4.68. The summed E-state index contributed by atoms with van der Waals surface area (Å²) in [5, 5.41) is 4.20. The third-order valence-corrected chi connectivity index (χ3v) is 2.91. The maximum atomic E-state index is 12.5. The van der Waals surface area contributed by atoms with E-state index >= 15 is 0 Å².